The first kappa shape index (κ1) is 20.3. The minimum Gasteiger partial charge on any atom is -0.328 e. The second kappa shape index (κ2) is 7.92. The van der Waals surface area contributed by atoms with Crippen molar-refractivity contribution in [3.8, 4) is 6.07 Å². The molecule has 3 rings (SSSR count). The Hall–Kier alpha value is -2.40. The first-order valence-electron chi connectivity index (χ1n) is 9.64. The highest BCUT2D eigenvalue weighted by Gasteiger charge is 2.50. The van der Waals surface area contributed by atoms with Crippen LogP contribution in [0.15, 0.2) is 29.2 Å². The van der Waals surface area contributed by atoms with Gasteiger partial charge >= 0.3 is 0 Å². The van der Waals surface area contributed by atoms with E-state index in [0.29, 0.717) is 30.9 Å². The normalized spacial score (nSPS) is 22.8. The first-order chi connectivity index (χ1) is 13.3. The topological polar surface area (TPSA) is 107 Å². The molecule has 0 aromatic heterocycles. The average Bonchev–Trinajstić information content (AvgIpc) is 2.66. The first-order valence-corrected chi connectivity index (χ1v) is 11.1. The monoisotopic (exact) mass is 403 g/mol. The van der Waals surface area contributed by atoms with Gasteiger partial charge in [0, 0.05) is 13.0 Å². The maximum Gasteiger partial charge on any atom is 0.264 e. The van der Waals surface area contributed by atoms with E-state index >= 15 is 0 Å². The number of nitrogens with one attached hydrogen (secondary N) is 1. The van der Waals surface area contributed by atoms with Gasteiger partial charge in [0.05, 0.1) is 16.5 Å². The Kier molecular flexibility index (Phi) is 5.75. The molecule has 8 heteroatoms. The second-order valence-electron chi connectivity index (χ2n) is 7.85. The zero-order chi connectivity index (χ0) is 20.4. The molecule has 1 N–H and O–H groups in total. The molecule has 2 fully saturated rings. The Morgan fingerprint density at radius 2 is 1.86 bits per heavy atom. The predicted octanol–water partition coefficient (Wildman–Crippen LogP) is 2.32. The zero-order valence-corrected chi connectivity index (χ0v) is 16.8. The number of hydrogen-bond acceptors (Lipinski definition) is 5. The van der Waals surface area contributed by atoms with Crippen molar-refractivity contribution in [2.75, 3.05) is 6.54 Å². The van der Waals surface area contributed by atoms with Crippen molar-refractivity contribution in [2.45, 2.75) is 62.3 Å². The molecule has 2 aliphatic rings. The Balaban J connectivity index is 1.66. The van der Waals surface area contributed by atoms with Gasteiger partial charge in [-0.25, -0.2) is 13.1 Å². The summed E-state index contributed by atoms with van der Waals surface area (Å²) < 4.78 is 27.1. The Morgan fingerprint density at radius 1 is 1.21 bits per heavy atom. The van der Waals surface area contributed by atoms with Crippen LogP contribution >= 0.6 is 0 Å². The van der Waals surface area contributed by atoms with Crippen LogP contribution in [-0.4, -0.2) is 37.2 Å². The van der Waals surface area contributed by atoms with Gasteiger partial charge in [-0.2, -0.15) is 5.26 Å². The van der Waals surface area contributed by atoms with Crippen LogP contribution in [0.2, 0.25) is 0 Å². The van der Waals surface area contributed by atoms with E-state index in [2.05, 4.69) is 4.72 Å². The lowest BCUT2D eigenvalue weighted by Gasteiger charge is -2.49. The lowest BCUT2D eigenvalue weighted by atomic mass is 9.82. The highest BCUT2D eigenvalue weighted by molar-refractivity contribution is 7.90. The van der Waals surface area contributed by atoms with Gasteiger partial charge in [-0.3, -0.25) is 9.59 Å². The van der Waals surface area contributed by atoms with E-state index in [4.69, 9.17) is 5.26 Å². The molecule has 7 nitrogen and oxygen atoms in total. The fraction of sp³-hybridized carbons (Fsp3) is 0.550. The summed E-state index contributed by atoms with van der Waals surface area (Å²) in [6.45, 7) is 2.07. The predicted molar refractivity (Wildman–Crippen MR) is 102 cm³/mol. The van der Waals surface area contributed by atoms with Crippen molar-refractivity contribution in [1.29, 1.82) is 5.26 Å². The van der Waals surface area contributed by atoms with Gasteiger partial charge < -0.3 is 4.90 Å². The molecule has 1 aromatic rings. The molecular formula is C20H25N3O4S. The molecule has 2 amide bonds. The summed E-state index contributed by atoms with van der Waals surface area (Å²) in [6.07, 6.45) is 6.41. The number of nitriles is 1. The number of rotatable bonds is 5. The van der Waals surface area contributed by atoms with Crippen molar-refractivity contribution in [2.24, 2.45) is 5.92 Å². The summed E-state index contributed by atoms with van der Waals surface area (Å²) >= 11 is 0. The maximum absolute atomic E-state index is 12.7. The highest BCUT2D eigenvalue weighted by atomic mass is 32.2. The van der Waals surface area contributed by atoms with E-state index in [1.165, 1.54) is 35.6 Å². The number of benzene rings is 1. The Bertz CT molecular complexity index is 898. The molecule has 0 spiro atoms. The summed E-state index contributed by atoms with van der Waals surface area (Å²) in [7, 11) is -4.07. The zero-order valence-electron chi connectivity index (χ0n) is 16.0. The fourth-order valence-corrected chi connectivity index (χ4v) is 5.02. The number of carbonyl (C=O) groups is 2. The lowest BCUT2D eigenvalue weighted by molar-refractivity contribution is -0.157. The van der Waals surface area contributed by atoms with Crippen LogP contribution in [0.1, 0.15) is 57.4 Å². The molecule has 1 atom stereocenters. The quantitative estimate of drug-likeness (QED) is 0.812. The summed E-state index contributed by atoms with van der Waals surface area (Å²) in [6, 6.07) is 7.23. The number of carbonyl (C=O) groups excluding carboxylic acids is 2. The van der Waals surface area contributed by atoms with Gasteiger partial charge in [-0.05, 0) is 56.4 Å². The number of nitrogens with zero attached hydrogens (tertiary/aromatic N) is 2. The minimum atomic E-state index is -4.07. The molecule has 1 aromatic carbocycles. The molecule has 0 bridgehead atoms. The SMILES string of the molecule is CC1(C(=O)NS(=O)(=O)c2ccc(C#N)cc2)CCN1C(=O)CC1CCCCC1. The van der Waals surface area contributed by atoms with Crippen LogP contribution in [0.3, 0.4) is 0 Å². The van der Waals surface area contributed by atoms with Gasteiger partial charge in [0.15, 0.2) is 0 Å². The molecule has 1 aliphatic heterocycles. The third-order valence-corrected chi connectivity index (χ3v) is 7.26. The van der Waals surface area contributed by atoms with Crippen LogP contribution in [0.5, 0.6) is 0 Å². The summed E-state index contributed by atoms with van der Waals surface area (Å²) in [5.74, 6) is -0.414. The summed E-state index contributed by atoms with van der Waals surface area (Å²) in [5, 5.41) is 8.81. The van der Waals surface area contributed by atoms with E-state index in [0.717, 1.165) is 25.7 Å². The van der Waals surface area contributed by atoms with E-state index in [9.17, 15) is 18.0 Å². The summed E-state index contributed by atoms with van der Waals surface area (Å²) in [5.41, 5.74) is -0.818. The van der Waals surface area contributed by atoms with Gasteiger partial charge in [0.1, 0.15) is 5.54 Å². The van der Waals surface area contributed by atoms with Crippen molar-refractivity contribution < 1.29 is 18.0 Å². The Labute approximate surface area is 165 Å². The lowest BCUT2D eigenvalue weighted by Crippen LogP contribution is -2.68. The summed E-state index contributed by atoms with van der Waals surface area (Å²) in [4.78, 5) is 26.8. The van der Waals surface area contributed by atoms with Crippen LogP contribution in [0, 0.1) is 17.2 Å². The van der Waals surface area contributed by atoms with Crippen molar-refractivity contribution in [3.05, 3.63) is 29.8 Å². The van der Waals surface area contributed by atoms with Gasteiger partial charge in [0.25, 0.3) is 15.9 Å². The number of amides is 2. The van der Waals surface area contributed by atoms with Crippen LogP contribution in [-0.2, 0) is 19.6 Å². The van der Waals surface area contributed by atoms with Gasteiger partial charge in [0.2, 0.25) is 5.91 Å². The van der Waals surface area contributed by atoms with E-state index in [-0.39, 0.29) is 10.8 Å². The minimum absolute atomic E-state index is 0.0772. The van der Waals surface area contributed by atoms with Crippen molar-refractivity contribution in [1.82, 2.24) is 9.62 Å². The van der Waals surface area contributed by atoms with Crippen LogP contribution in [0.4, 0.5) is 0 Å². The maximum atomic E-state index is 12.7. The largest absolute Gasteiger partial charge is 0.328 e. The number of sulfonamides is 1. The van der Waals surface area contributed by atoms with E-state index in [1.807, 2.05) is 6.07 Å². The molecule has 1 saturated carbocycles. The second-order valence-corrected chi connectivity index (χ2v) is 9.53. The van der Waals surface area contributed by atoms with Gasteiger partial charge in [-0.1, -0.05) is 19.3 Å². The molecule has 150 valence electrons. The fourth-order valence-electron chi connectivity index (χ4n) is 3.94. The molecule has 28 heavy (non-hydrogen) atoms. The van der Waals surface area contributed by atoms with Crippen LogP contribution in [0.25, 0.3) is 0 Å². The molecule has 1 aliphatic carbocycles. The van der Waals surface area contributed by atoms with Crippen molar-refractivity contribution in [3.63, 3.8) is 0 Å². The van der Waals surface area contributed by atoms with Crippen molar-refractivity contribution >= 4 is 21.8 Å². The van der Waals surface area contributed by atoms with E-state index < -0.39 is 21.5 Å². The molecular weight excluding hydrogens is 378 g/mol. The molecule has 1 saturated heterocycles. The standard InChI is InChI=1S/C20H25N3O4S/c1-20(11-12-23(20)18(24)13-15-5-3-2-4-6-15)19(25)22-28(26,27)17-9-7-16(14-21)8-10-17/h7-10,15H,2-6,11-13H2,1H3,(H,22,25). The number of hydrogen-bond donors (Lipinski definition) is 1. The third-order valence-electron chi connectivity index (χ3n) is 5.92. The molecule has 0 radical (unpaired) electrons. The van der Waals surface area contributed by atoms with Crippen LogP contribution < -0.4 is 4.72 Å². The molecule has 1 heterocycles. The smallest absolute Gasteiger partial charge is 0.264 e. The number of likely N-dealkylation sites (tertiary alicyclic amines) is 1. The Morgan fingerprint density at radius 3 is 2.39 bits per heavy atom. The van der Waals surface area contributed by atoms with E-state index in [1.54, 1.807) is 6.92 Å². The molecule has 1 unspecified atom stereocenters. The highest BCUT2D eigenvalue weighted by Crippen LogP contribution is 2.34. The third kappa shape index (κ3) is 4.04. The average molecular weight is 404 g/mol. The van der Waals surface area contributed by atoms with Gasteiger partial charge in [-0.15, -0.1) is 0 Å².